The third-order valence-corrected chi connectivity index (χ3v) is 2.98. The average Bonchev–Trinajstić information content (AvgIpc) is 2.49. The van der Waals surface area contributed by atoms with Crippen molar-refractivity contribution in [1.29, 1.82) is 0 Å². The van der Waals surface area contributed by atoms with Gasteiger partial charge in [-0.3, -0.25) is 14.9 Å². The van der Waals surface area contributed by atoms with Crippen LogP contribution in [0.5, 0.6) is 0 Å². The van der Waals surface area contributed by atoms with Gasteiger partial charge in [0.05, 0.1) is 11.5 Å². The molecule has 0 saturated heterocycles. The van der Waals surface area contributed by atoms with Gasteiger partial charge in [0, 0.05) is 38.9 Å². The summed E-state index contributed by atoms with van der Waals surface area (Å²) in [5, 5.41) is 14.1. The van der Waals surface area contributed by atoms with Crippen LogP contribution in [0.1, 0.15) is 23.7 Å². The van der Waals surface area contributed by atoms with Crippen LogP contribution in [0.2, 0.25) is 0 Å². The SMILES string of the molecule is CCCNc1ccc(C(=O)N(C)CCOC)cc1[N+](=O)[O-]. The summed E-state index contributed by atoms with van der Waals surface area (Å²) in [4.78, 5) is 24.3. The van der Waals surface area contributed by atoms with E-state index in [4.69, 9.17) is 4.74 Å². The molecule has 0 radical (unpaired) electrons. The van der Waals surface area contributed by atoms with Crippen molar-refractivity contribution in [3.05, 3.63) is 33.9 Å². The van der Waals surface area contributed by atoms with Crippen LogP contribution in [0.25, 0.3) is 0 Å². The van der Waals surface area contributed by atoms with Gasteiger partial charge in [-0.2, -0.15) is 0 Å². The Morgan fingerprint density at radius 1 is 1.48 bits per heavy atom. The summed E-state index contributed by atoms with van der Waals surface area (Å²) in [7, 11) is 3.19. The number of hydrogen-bond donors (Lipinski definition) is 1. The number of carbonyl (C=O) groups is 1. The number of nitro benzene ring substituents is 1. The molecule has 0 saturated carbocycles. The maximum Gasteiger partial charge on any atom is 0.293 e. The summed E-state index contributed by atoms with van der Waals surface area (Å²) in [5.41, 5.74) is 0.634. The molecule has 0 atom stereocenters. The number of amides is 1. The van der Waals surface area contributed by atoms with Gasteiger partial charge in [0.2, 0.25) is 0 Å². The van der Waals surface area contributed by atoms with Gasteiger partial charge >= 0.3 is 0 Å². The zero-order chi connectivity index (χ0) is 15.8. The summed E-state index contributed by atoms with van der Waals surface area (Å²) in [6.45, 7) is 3.46. The topological polar surface area (TPSA) is 84.7 Å². The predicted molar refractivity (Wildman–Crippen MR) is 80.7 cm³/mol. The first-order chi connectivity index (χ1) is 10.0. The minimum absolute atomic E-state index is 0.0885. The molecule has 21 heavy (non-hydrogen) atoms. The molecule has 7 nitrogen and oxygen atoms in total. The fraction of sp³-hybridized carbons (Fsp3) is 0.500. The monoisotopic (exact) mass is 295 g/mol. The van der Waals surface area contributed by atoms with E-state index in [1.165, 1.54) is 11.0 Å². The van der Waals surface area contributed by atoms with E-state index in [9.17, 15) is 14.9 Å². The molecular weight excluding hydrogens is 274 g/mol. The fourth-order valence-electron chi connectivity index (χ4n) is 1.78. The maximum absolute atomic E-state index is 12.2. The van der Waals surface area contributed by atoms with Crippen molar-refractivity contribution in [2.45, 2.75) is 13.3 Å². The van der Waals surface area contributed by atoms with E-state index in [0.29, 0.717) is 30.9 Å². The number of methoxy groups -OCH3 is 1. The summed E-state index contributed by atoms with van der Waals surface area (Å²) in [5.74, 6) is -0.266. The first-order valence-corrected chi connectivity index (χ1v) is 6.78. The van der Waals surface area contributed by atoms with Crippen LogP contribution in [0.4, 0.5) is 11.4 Å². The first kappa shape index (κ1) is 16.9. The maximum atomic E-state index is 12.2. The number of rotatable bonds is 8. The Kier molecular flexibility index (Phi) is 6.61. The van der Waals surface area contributed by atoms with Crippen molar-refractivity contribution < 1.29 is 14.5 Å². The van der Waals surface area contributed by atoms with Crippen molar-refractivity contribution in [2.24, 2.45) is 0 Å². The number of likely N-dealkylation sites (N-methyl/N-ethyl adjacent to an activating group) is 1. The highest BCUT2D eigenvalue weighted by Crippen LogP contribution is 2.26. The summed E-state index contributed by atoms with van der Waals surface area (Å²) < 4.78 is 4.91. The molecule has 1 N–H and O–H groups in total. The van der Waals surface area contributed by atoms with E-state index >= 15 is 0 Å². The Morgan fingerprint density at radius 2 is 2.19 bits per heavy atom. The van der Waals surface area contributed by atoms with Gasteiger partial charge in [-0.25, -0.2) is 0 Å². The zero-order valence-electron chi connectivity index (χ0n) is 12.6. The standard InChI is InChI=1S/C14H21N3O4/c1-4-7-15-12-6-5-11(10-13(12)17(19)20)14(18)16(2)8-9-21-3/h5-6,10,15H,4,7-9H2,1-3H3. The number of benzene rings is 1. The lowest BCUT2D eigenvalue weighted by Crippen LogP contribution is -2.30. The molecule has 0 fully saturated rings. The second-order valence-corrected chi connectivity index (χ2v) is 4.64. The van der Waals surface area contributed by atoms with Crippen LogP contribution in [-0.2, 0) is 4.74 Å². The Bertz CT molecular complexity index is 505. The Morgan fingerprint density at radius 3 is 2.76 bits per heavy atom. The molecule has 1 aromatic carbocycles. The third kappa shape index (κ3) is 4.71. The van der Waals surface area contributed by atoms with Gasteiger partial charge in [0.1, 0.15) is 5.69 Å². The Labute approximate surface area is 124 Å². The molecule has 1 aromatic rings. The molecule has 0 aliphatic rings. The minimum atomic E-state index is -0.482. The van der Waals surface area contributed by atoms with Gasteiger partial charge < -0.3 is 15.0 Å². The number of anilines is 1. The molecule has 7 heteroatoms. The largest absolute Gasteiger partial charge is 0.383 e. The third-order valence-electron chi connectivity index (χ3n) is 2.98. The molecule has 1 amide bonds. The van der Waals surface area contributed by atoms with Crippen LogP contribution in [0, 0.1) is 10.1 Å². The van der Waals surface area contributed by atoms with E-state index in [-0.39, 0.29) is 11.6 Å². The molecule has 0 unspecified atom stereocenters. The fourth-order valence-corrected chi connectivity index (χ4v) is 1.78. The minimum Gasteiger partial charge on any atom is -0.383 e. The number of carbonyl (C=O) groups excluding carboxylic acids is 1. The van der Waals surface area contributed by atoms with E-state index in [1.54, 1.807) is 26.3 Å². The normalized spacial score (nSPS) is 10.2. The van der Waals surface area contributed by atoms with Crippen molar-refractivity contribution in [2.75, 3.05) is 39.2 Å². The van der Waals surface area contributed by atoms with Gasteiger partial charge in [0.15, 0.2) is 0 Å². The van der Waals surface area contributed by atoms with Crippen LogP contribution < -0.4 is 5.32 Å². The Balaban J connectivity index is 2.96. The van der Waals surface area contributed by atoms with Gasteiger partial charge in [-0.1, -0.05) is 6.92 Å². The highest BCUT2D eigenvalue weighted by atomic mass is 16.6. The molecule has 0 spiro atoms. The second kappa shape index (κ2) is 8.21. The molecule has 116 valence electrons. The average molecular weight is 295 g/mol. The molecule has 0 bridgehead atoms. The lowest BCUT2D eigenvalue weighted by atomic mass is 10.1. The van der Waals surface area contributed by atoms with E-state index < -0.39 is 4.92 Å². The van der Waals surface area contributed by atoms with E-state index in [2.05, 4.69) is 5.32 Å². The smallest absolute Gasteiger partial charge is 0.293 e. The van der Waals surface area contributed by atoms with Crippen LogP contribution >= 0.6 is 0 Å². The second-order valence-electron chi connectivity index (χ2n) is 4.64. The number of nitro groups is 1. The Hall–Kier alpha value is -2.15. The lowest BCUT2D eigenvalue weighted by Gasteiger charge is -2.17. The van der Waals surface area contributed by atoms with Crippen molar-refractivity contribution in [3.63, 3.8) is 0 Å². The molecule has 0 aliphatic heterocycles. The van der Waals surface area contributed by atoms with Crippen LogP contribution in [0.3, 0.4) is 0 Å². The first-order valence-electron chi connectivity index (χ1n) is 6.78. The highest BCUT2D eigenvalue weighted by molar-refractivity contribution is 5.95. The van der Waals surface area contributed by atoms with Gasteiger partial charge in [-0.05, 0) is 18.6 Å². The number of nitrogens with zero attached hydrogens (tertiary/aromatic N) is 2. The number of ether oxygens (including phenoxy) is 1. The molecule has 0 heterocycles. The number of hydrogen-bond acceptors (Lipinski definition) is 5. The summed E-state index contributed by atoms with van der Waals surface area (Å²) in [6.07, 6.45) is 0.859. The van der Waals surface area contributed by atoms with Gasteiger partial charge in [-0.15, -0.1) is 0 Å². The van der Waals surface area contributed by atoms with E-state index in [1.807, 2.05) is 6.92 Å². The van der Waals surface area contributed by atoms with Crippen LogP contribution in [0.15, 0.2) is 18.2 Å². The van der Waals surface area contributed by atoms with Crippen molar-refractivity contribution in [3.8, 4) is 0 Å². The number of nitrogens with one attached hydrogen (secondary N) is 1. The van der Waals surface area contributed by atoms with E-state index in [0.717, 1.165) is 6.42 Å². The quantitative estimate of drug-likeness (QED) is 0.586. The van der Waals surface area contributed by atoms with Gasteiger partial charge in [0.25, 0.3) is 11.6 Å². The predicted octanol–water partition coefficient (Wildman–Crippen LogP) is 2.14. The zero-order valence-corrected chi connectivity index (χ0v) is 12.6. The highest BCUT2D eigenvalue weighted by Gasteiger charge is 2.19. The molecule has 1 rings (SSSR count). The van der Waals surface area contributed by atoms with Crippen molar-refractivity contribution in [1.82, 2.24) is 4.90 Å². The molecule has 0 aromatic heterocycles. The molecular formula is C14H21N3O4. The summed E-state index contributed by atoms with van der Waals surface area (Å²) >= 11 is 0. The summed E-state index contributed by atoms with van der Waals surface area (Å²) in [6, 6.07) is 4.48. The van der Waals surface area contributed by atoms with Crippen molar-refractivity contribution >= 4 is 17.3 Å². The molecule has 0 aliphatic carbocycles. The van der Waals surface area contributed by atoms with Crippen LogP contribution in [-0.4, -0.2) is 49.6 Å². The lowest BCUT2D eigenvalue weighted by molar-refractivity contribution is -0.384.